The minimum absolute atomic E-state index is 0.00785. The normalized spacial score (nSPS) is 34.1. The van der Waals surface area contributed by atoms with Crippen LogP contribution in [0.4, 0.5) is 0 Å². The van der Waals surface area contributed by atoms with E-state index in [0.29, 0.717) is 6.54 Å². The number of carbonyl (C=O) groups is 1. The molecule has 4 nitrogen and oxygen atoms in total. The summed E-state index contributed by atoms with van der Waals surface area (Å²) in [7, 11) is 0. The number of ether oxygens (including phenoxy) is 1. The lowest BCUT2D eigenvalue weighted by Gasteiger charge is -2.32. The van der Waals surface area contributed by atoms with Crippen molar-refractivity contribution in [2.45, 2.75) is 50.9 Å². The number of nitrogens with one attached hydrogen (secondary N) is 1. The van der Waals surface area contributed by atoms with Gasteiger partial charge in [0.25, 0.3) is 0 Å². The first-order chi connectivity index (χ1) is 9.63. The van der Waals surface area contributed by atoms with Gasteiger partial charge in [0.1, 0.15) is 6.17 Å². The Hall–Kier alpha value is -0.910. The fourth-order valence-electron chi connectivity index (χ4n) is 3.15. The molecule has 2 fully saturated rings. The van der Waals surface area contributed by atoms with Crippen molar-refractivity contribution < 1.29 is 9.53 Å². The minimum Gasteiger partial charge on any atom is -0.373 e. The molecule has 0 radical (unpaired) electrons. The molecule has 3 heterocycles. The molecule has 1 amide bonds. The highest BCUT2D eigenvalue weighted by Crippen LogP contribution is 2.34. The van der Waals surface area contributed by atoms with Crippen molar-refractivity contribution in [1.82, 2.24) is 10.2 Å². The van der Waals surface area contributed by atoms with Crippen LogP contribution in [0.3, 0.4) is 0 Å². The van der Waals surface area contributed by atoms with E-state index in [2.05, 4.69) is 30.6 Å². The molecule has 3 rings (SSSR count). The molecule has 2 aliphatic heterocycles. The van der Waals surface area contributed by atoms with E-state index >= 15 is 0 Å². The van der Waals surface area contributed by atoms with Crippen LogP contribution in [0.15, 0.2) is 17.5 Å². The summed E-state index contributed by atoms with van der Waals surface area (Å²) in [6, 6.07) is 4.07. The van der Waals surface area contributed by atoms with Crippen molar-refractivity contribution in [1.29, 1.82) is 0 Å². The van der Waals surface area contributed by atoms with E-state index in [-0.39, 0.29) is 23.7 Å². The maximum atomic E-state index is 12.6. The number of hydrogen-bond acceptors (Lipinski definition) is 4. The Labute approximate surface area is 124 Å². The quantitative estimate of drug-likeness (QED) is 0.928. The average molecular weight is 294 g/mol. The molecule has 3 atom stereocenters. The molecule has 0 saturated carbocycles. The summed E-state index contributed by atoms with van der Waals surface area (Å²) in [6.07, 6.45) is 2.96. The number of thiophene rings is 1. The topological polar surface area (TPSA) is 41.6 Å². The number of hydrogen-bond donors (Lipinski definition) is 1. The third-order valence-corrected chi connectivity index (χ3v) is 5.20. The zero-order valence-electron chi connectivity index (χ0n) is 12.1. The summed E-state index contributed by atoms with van der Waals surface area (Å²) in [4.78, 5) is 15.8. The standard InChI is InChI=1S/C15H22N2O2S/c1-3-11-14(18)17(10-15(2)7-5-8-19-15)13(16-11)12-6-4-9-20-12/h4,6,9,11,13,16H,3,5,7-8,10H2,1-2H3. The van der Waals surface area contributed by atoms with Crippen LogP contribution in [0.2, 0.25) is 0 Å². The highest BCUT2D eigenvalue weighted by molar-refractivity contribution is 7.10. The van der Waals surface area contributed by atoms with Crippen molar-refractivity contribution >= 4 is 17.2 Å². The zero-order chi connectivity index (χ0) is 14.2. The Balaban J connectivity index is 1.82. The molecule has 1 aromatic rings. The molecule has 2 aliphatic rings. The van der Waals surface area contributed by atoms with E-state index < -0.39 is 0 Å². The van der Waals surface area contributed by atoms with E-state index in [1.54, 1.807) is 11.3 Å². The van der Waals surface area contributed by atoms with Crippen LogP contribution < -0.4 is 5.32 Å². The van der Waals surface area contributed by atoms with Crippen molar-refractivity contribution in [2.24, 2.45) is 0 Å². The van der Waals surface area contributed by atoms with Crippen molar-refractivity contribution in [3.63, 3.8) is 0 Å². The Morgan fingerprint density at radius 1 is 1.60 bits per heavy atom. The van der Waals surface area contributed by atoms with Crippen LogP contribution in [0, 0.1) is 0 Å². The van der Waals surface area contributed by atoms with Gasteiger partial charge in [0.15, 0.2) is 0 Å². The Kier molecular flexibility index (Phi) is 3.84. The van der Waals surface area contributed by atoms with Crippen LogP contribution in [0.25, 0.3) is 0 Å². The van der Waals surface area contributed by atoms with Gasteiger partial charge in [-0.3, -0.25) is 10.1 Å². The highest BCUT2D eigenvalue weighted by atomic mass is 32.1. The van der Waals surface area contributed by atoms with Gasteiger partial charge < -0.3 is 9.64 Å². The van der Waals surface area contributed by atoms with Crippen LogP contribution in [0.1, 0.15) is 44.2 Å². The number of amides is 1. The second kappa shape index (κ2) is 5.47. The molecule has 0 aliphatic carbocycles. The van der Waals surface area contributed by atoms with Crippen molar-refractivity contribution in [3.05, 3.63) is 22.4 Å². The molecule has 1 N–H and O–H groups in total. The van der Waals surface area contributed by atoms with Gasteiger partial charge >= 0.3 is 0 Å². The van der Waals surface area contributed by atoms with Gasteiger partial charge in [-0.25, -0.2) is 0 Å². The van der Waals surface area contributed by atoms with E-state index in [1.807, 2.05) is 11.0 Å². The first kappa shape index (κ1) is 14.0. The molecule has 3 unspecified atom stereocenters. The predicted molar refractivity (Wildman–Crippen MR) is 79.6 cm³/mol. The summed E-state index contributed by atoms with van der Waals surface area (Å²) in [5, 5.41) is 5.53. The van der Waals surface area contributed by atoms with E-state index in [9.17, 15) is 4.79 Å². The summed E-state index contributed by atoms with van der Waals surface area (Å²) >= 11 is 1.70. The van der Waals surface area contributed by atoms with Gasteiger partial charge in [0, 0.05) is 11.5 Å². The predicted octanol–water partition coefficient (Wildman–Crippen LogP) is 2.53. The highest BCUT2D eigenvalue weighted by Gasteiger charge is 2.43. The summed E-state index contributed by atoms with van der Waals surface area (Å²) in [5.41, 5.74) is -0.185. The van der Waals surface area contributed by atoms with Gasteiger partial charge in [-0.05, 0) is 37.6 Å². The first-order valence-electron chi connectivity index (χ1n) is 7.37. The van der Waals surface area contributed by atoms with Crippen LogP contribution in [0.5, 0.6) is 0 Å². The molecule has 110 valence electrons. The van der Waals surface area contributed by atoms with Crippen molar-refractivity contribution in [2.75, 3.05) is 13.2 Å². The van der Waals surface area contributed by atoms with Gasteiger partial charge in [-0.1, -0.05) is 13.0 Å². The lowest BCUT2D eigenvalue weighted by atomic mass is 10.0. The first-order valence-corrected chi connectivity index (χ1v) is 8.25. The summed E-state index contributed by atoms with van der Waals surface area (Å²) in [6.45, 7) is 5.67. The second-order valence-corrected chi connectivity index (χ2v) is 6.89. The second-order valence-electron chi connectivity index (χ2n) is 5.91. The van der Waals surface area contributed by atoms with E-state index in [1.165, 1.54) is 4.88 Å². The Morgan fingerprint density at radius 3 is 3.05 bits per heavy atom. The van der Waals surface area contributed by atoms with Crippen molar-refractivity contribution in [3.8, 4) is 0 Å². The van der Waals surface area contributed by atoms with Gasteiger partial charge in [-0.2, -0.15) is 0 Å². The number of nitrogens with zero attached hydrogens (tertiary/aromatic N) is 1. The van der Waals surface area contributed by atoms with Crippen LogP contribution >= 0.6 is 11.3 Å². The molecule has 1 aromatic heterocycles. The molecule has 0 bridgehead atoms. The monoisotopic (exact) mass is 294 g/mol. The lowest BCUT2D eigenvalue weighted by Crippen LogP contribution is -2.43. The van der Waals surface area contributed by atoms with E-state index in [0.717, 1.165) is 25.9 Å². The van der Waals surface area contributed by atoms with Crippen LogP contribution in [-0.2, 0) is 9.53 Å². The average Bonchev–Trinajstić information content (AvgIpc) is 3.13. The SMILES string of the molecule is CCC1NC(c2cccs2)N(CC2(C)CCCO2)C1=O. The lowest BCUT2D eigenvalue weighted by molar-refractivity contribution is -0.133. The summed E-state index contributed by atoms with van der Waals surface area (Å²) < 4.78 is 5.87. The maximum absolute atomic E-state index is 12.6. The molecule has 20 heavy (non-hydrogen) atoms. The van der Waals surface area contributed by atoms with E-state index in [4.69, 9.17) is 4.74 Å². The third-order valence-electron chi connectivity index (χ3n) is 4.28. The Bertz CT molecular complexity index is 468. The number of rotatable bonds is 4. The smallest absolute Gasteiger partial charge is 0.241 e. The molecule has 2 saturated heterocycles. The van der Waals surface area contributed by atoms with Crippen LogP contribution in [-0.4, -0.2) is 35.6 Å². The number of carbonyl (C=O) groups excluding carboxylic acids is 1. The third kappa shape index (κ3) is 2.50. The van der Waals surface area contributed by atoms with Gasteiger partial charge in [0.2, 0.25) is 5.91 Å². The Morgan fingerprint density at radius 2 is 2.45 bits per heavy atom. The summed E-state index contributed by atoms with van der Waals surface area (Å²) in [5.74, 6) is 0.211. The minimum atomic E-state index is -0.185. The zero-order valence-corrected chi connectivity index (χ0v) is 12.9. The molecule has 0 aromatic carbocycles. The largest absolute Gasteiger partial charge is 0.373 e. The molecular formula is C15H22N2O2S. The van der Waals surface area contributed by atoms with Gasteiger partial charge in [-0.15, -0.1) is 11.3 Å². The molecule has 5 heteroatoms. The fourth-order valence-corrected chi connectivity index (χ4v) is 3.94. The molecule has 0 spiro atoms. The van der Waals surface area contributed by atoms with Gasteiger partial charge in [0.05, 0.1) is 18.2 Å². The maximum Gasteiger partial charge on any atom is 0.241 e. The molecular weight excluding hydrogens is 272 g/mol. The fraction of sp³-hybridized carbons (Fsp3) is 0.667.